The van der Waals surface area contributed by atoms with Gasteiger partial charge in [0.05, 0.1) is 0 Å². The topological polar surface area (TPSA) is 52.7 Å². The molecule has 0 spiro atoms. The first-order valence-corrected chi connectivity index (χ1v) is 13.5. The molecule has 0 bridgehead atoms. The van der Waals surface area contributed by atoms with Crippen LogP contribution in [0.25, 0.3) is 0 Å². The van der Waals surface area contributed by atoms with Crippen LogP contribution in [0.5, 0.6) is 0 Å². The van der Waals surface area contributed by atoms with Gasteiger partial charge >= 0.3 is 0 Å². The number of nitrogens with zero attached hydrogens (tertiary/aromatic N) is 2. The van der Waals surface area contributed by atoms with Crippen LogP contribution in [0, 0.1) is 11.8 Å². The molecule has 2 aliphatic heterocycles. The van der Waals surface area contributed by atoms with E-state index in [4.69, 9.17) is 0 Å². The number of carbonyl (C=O) groups is 2. The molecule has 1 saturated carbocycles. The Balaban J connectivity index is 1.18. The lowest BCUT2D eigenvalue weighted by Gasteiger charge is -2.34. The third-order valence-corrected chi connectivity index (χ3v) is 8.74. The van der Waals surface area contributed by atoms with Crippen LogP contribution < -0.4 is 5.32 Å². The lowest BCUT2D eigenvalue weighted by molar-refractivity contribution is -0.125. The maximum absolute atomic E-state index is 13.4. The van der Waals surface area contributed by atoms with Crippen LogP contribution in [-0.2, 0) is 11.3 Å². The number of thiophene rings is 1. The maximum Gasteiger partial charge on any atom is 0.254 e. The smallest absolute Gasteiger partial charge is 0.254 e. The highest BCUT2D eigenvalue weighted by atomic mass is 32.1. The zero-order chi connectivity index (χ0) is 22.6. The molecule has 3 heterocycles. The molecule has 1 aromatic heterocycles. The summed E-state index contributed by atoms with van der Waals surface area (Å²) in [6.07, 6.45) is 7.58. The van der Waals surface area contributed by atoms with Crippen molar-refractivity contribution < 1.29 is 9.59 Å². The highest BCUT2D eigenvalue weighted by Crippen LogP contribution is 2.40. The molecule has 6 heteroatoms. The molecular formula is C27H35N3O2S. The monoisotopic (exact) mass is 465 g/mol. The molecule has 2 aromatic rings. The molecule has 2 saturated heterocycles. The molecule has 1 aromatic carbocycles. The van der Waals surface area contributed by atoms with Gasteiger partial charge in [0.1, 0.15) is 6.04 Å². The molecule has 1 N–H and O–H groups in total. The summed E-state index contributed by atoms with van der Waals surface area (Å²) < 4.78 is 0. The Bertz CT molecular complexity index is 924. The summed E-state index contributed by atoms with van der Waals surface area (Å²) in [5.41, 5.74) is 0.694. The van der Waals surface area contributed by atoms with Gasteiger partial charge in [0.25, 0.3) is 5.91 Å². The van der Waals surface area contributed by atoms with Crippen LogP contribution in [0.4, 0.5) is 0 Å². The number of hydrogen-bond acceptors (Lipinski definition) is 4. The molecule has 0 radical (unpaired) electrons. The van der Waals surface area contributed by atoms with Crippen molar-refractivity contribution in [3.05, 3.63) is 58.3 Å². The summed E-state index contributed by atoms with van der Waals surface area (Å²) in [5.74, 6) is 1.06. The van der Waals surface area contributed by atoms with Crippen molar-refractivity contribution in [2.75, 3.05) is 19.6 Å². The standard InChI is InChI=1S/C27H35N3O2S/c31-26(28-18-20-12-14-29(15-13-20)19-23-10-6-16-33-23)25-17-22-9-4-5-11-24(22)30(25)27(32)21-7-2-1-3-8-21/h1-3,6-8,10,16,20,22,24-25H,4-5,9,11-15,17-19H2,(H,28,31). The second-order valence-corrected chi connectivity index (χ2v) is 11.0. The third-order valence-electron chi connectivity index (χ3n) is 7.88. The first kappa shape index (κ1) is 22.6. The van der Waals surface area contributed by atoms with Gasteiger partial charge in [-0.25, -0.2) is 0 Å². The van der Waals surface area contributed by atoms with Crippen molar-refractivity contribution in [1.29, 1.82) is 0 Å². The average molecular weight is 466 g/mol. The summed E-state index contributed by atoms with van der Waals surface area (Å²) in [6, 6.07) is 13.7. The number of rotatable bonds is 6. The van der Waals surface area contributed by atoms with E-state index < -0.39 is 0 Å². The fourth-order valence-corrected chi connectivity index (χ4v) is 6.80. The molecule has 5 rings (SSSR count). The number of piperidine rings is 1. The largest absolute Gasteiger partial charge is 0.354 e. The average Bonchev–Trinajstić information content (AvgIpc) is 3.51. The number of likely N-dealkylation sites (tertiary alicyclic amines) is 2. The third kappa shape index (κ3) is 5.17. The summed E-state index contributed by atoms with van der Waals surface area (Å²) >= 11 is 1.82. The van der Waals surface area contributed by atoms with E-state index in [0.29, 0.717) is 17.4 Å². The fraction of sp³-hybridized carbons (Fsp3) is 0.556. The second kappa shape index (κ2) is 10.4. The van der Waals surface area contributed by atoms with Gasteiger partial charge in [0, 0.05) is 29.6 Å². The predicted molar refractivity (Wildman–Crippen MR) is 132 cm³/mol. The normalized spacial score (nSPS) is 26.2. The van der Waals surface area contributed by atoms with Crippen molar-refractivity contribution in [1.82, 2.24) is 15.1 Å². The van der Waals surface area contributed by atoms with Crippen LogP contribution in [0.3, 0.4) is 0 Å². The van der Waals surface area contributed by atoms with Gasteiger partial charge in [-0.3, -0.25) is 14.5 Å². The number of hydrogen-bond donors (Lipinski definition) is 1. The Kier molecular flexibility index (Phi) is 7.12. The Hall–Kier alpha value is -2.18. The van der Waals surface area contributed by atoms with E-state index in [1.54, 1.807) is 0 Å². The van der Waals surface area contributed by atoms with E-state index in [9.17, 15) is 9.59 Å². The van der Waals surface area contributed by atoms with Crippen LogP contribution in [0.15, 0.2) is 47.8 Å². The molecule has 3 aliphatic rings. The minimum atomic E-state index is -0.329. The van der Waals surface area contributed by atoms with E-state index in [1.165, 1.54) is 11.3 Å². The highest BCUT2D eigenvalue weighted by Gasteiger charge is 2.47. The lowest BCUT2D eigenvalue weighted by atomic mass is 9.84. The van der Waals surface area contributed by atoms with E-state index in [2.05, 4.69) is 27.7 Å². The van der Waals surface area contributed by atoms with Crippen molar-refractivity contribution >= 4 is 23.2 Å². The Morgan fingerprint density at radius 3 is 2.52 bits per heavy atom. The van der Waals surface area contributed by atoms with E-state index in [1.807, 2.05) is 46.6 Å². The predicted octanol–water partition coefficient (Wildman–Crippen LogP) is 4.55. The van der Waals surface area contributed by atoms with Crippen molar-refractivity contribution in [2.24, 2.45) is 11.8 Å². The Morgan fingerprint density at radius 1 is 0.970 bits per heavy atom. The molecular weight excluding hydrogens is 430 g/mol. The number of fused-ring (bicyclic) bond motifs is 1. The molecule has 176 valence electrons. The second-order valence-electron chi connectivity index (χ2n) is 9.99. The van der Waals surface area contributed by atoms with Gasteiger partial charge < -0.3 is 10.2 Å². The summed E-state index contributed by atoms with van der Waals surface area (Å²) in [7, 11) is 0. The van der Waals surface area contributed by atoms with Gasteiger partial charge in [0.15, 0.2) is 0 Å². The Morgan fingerprint density at radius 2 is 1.76 bits per heavy atom. The minimum Gasteiger partial charge on any atom is -0.354 e. The van der Waals surface area contributed by atoms with Gasteiger partial charge in [-0.05, 0) is 80.6 Å². The molecule has 1 aliphatic carbocycles. The number of carbonyl (C=O) groups excluding carboxylic acids is 2. The molecule has 33 heavy (non-hydrogen) atoms. The SMILES string of the molecule is O=C(NCC1CCN(Cc2cccs2)CC1)C1CC2CCCCC2N1C(=O)c1ccccc1. The van der Waals surface area contributed by atoms with Gasteiger partial charge in [0.2, 0.25) is 5.91 Å². The van der Waals surface area contributed by atoms with Gasteiger partial charge in [-0.2, -0.15) is 0 Å². The minimum absolute atomic E-state index is 0.0204. The number of nitrogens with one attached hydrogen (secondary N) is 1. The first-order chi connectivity index (χ1) is 16.2. The number of benzene rings is 1. The molecule has 2 amide bonds. The summed E-state index contributed by atoms with van der Waals surface area (Å²) in [4.78, 5) is 32.7. The lowest BCUT2D eigenvalue weighted by Crippen LogP contribution is -2.50. The molecule has 3 fully saturated rings. The zero-order valence-electron chi connectivity index (χ0n) is 19.3. The fourth-order valence-electron chi connectivity index (χ4n) is 6.05. The molecule has 5 nitrogen and oxygen atoms in total. The zero-order valence-corrected chi connectivity index (χ0v) is 20.1. The van der Waals surface area contributed by atoms with Crippen molar-refractivity contribution in [3.63, 3.8) is 0 Å². The van der Waals surface area contributed by atoms with Gasteiger partial charge in [-0.1, -0.05) is 37.1 Å². The van der Waals surface area contributed by atoms with Crippen LogP contribution >= 0.6 is 11.3 Å². The van der Waals surface area contributed by atoms with Crippen LogP contribution in [0.2, 0.25) is 0 Å². The molecule has 3 unspecified atom stereocenters. The summed E-state index contributed by atoms with van der Waals surface area (Å²) in [5, 5.41) is 5.39. The van der Waals surface area contributed by atoms with E-state index >= 15 is 0 Å². The van der Waals surface area contributed by atoms with E-state index in [-0.39, 0.29) is 23.9 Å². The Labute approximate surface area is 201 Å². The molecule has 3 atom stereocenters. The van der Waals surface area contributed by atoms with Crippen molar-refractivity contribution in [3.8, 4) is 0 Å². The van der Waals surface area contributed by atoms with Gasteiger partial charge in [-0.15, -0.1) is 11.3 Å². The van der Waals surface area contributed by atoms with E-state index in [0.717, 1.165) is 64.7 Å². The maximum atomic E-state index is 13.4. The quantitative estimate of drug-likeness (QED) is 0.681. The first-order valence-electron chi connectivity index (χ1n) is 12.6. The van der Waals surface area contributed by atoms with Crippen molar-refractivity contribution in [2.45, 2.75) is 63.6 Å². The van der Waals surface area contributed by atoms with Crippen LogP contribution in [0.1, 0.15) is 60.2 Å². The number of amides is 2. The highest BCUT2D eigenvalue weighted by molar-refractivity contribution is 7.09. The van der Waals surface area contributed by atoms with Crippen LogP contribution in [-0.4, -0.2) is 53.3 Å². The summed E-state index contributed by atoms with van der Waals surface area (Å²) in [6.45, 7) is 3.94.